The first-order chi connectivity index (χ1) is 9.95. The molecule has 3 unspecified atom stereocenters. The molecule has 1 aliphatic heterocycles. The van der Waals surface area contributed by atoms with E-state index in [1.54, 1.807) is 0 Å². The Morgan fingerprint density at radius 3 is 2.62 bits per heavy atom. The van der Waals surface area contributed by atoms with Crippen LogP contribution in [0.25, 0.3) is 0 Å². The Labute approximate surface area is 128 Å². The topological polar surface area (TPSA) is 24.1 Å². The molecule has 1 aromatic rings. The van der Waals surface area contributed by atoms with Crippen molar-refractivity contribution in [2.24, 2.45) is 22.7 Å². The second kappa shape index (κ2) is 4.33. The van der Waals surface area contributed by atoms with E-state index in [1.807, 2.05) is 0 Å². The summed E-state index contributed by atoms with van der Waals surface area (Å²) in [6.45, 7) is 9.76. The van der Waals surface area contributed by atoms with E-state index in [0.29, 0.717) is 22.9 Å². The molecule has 2 saturated carbocycles. The van der Waals surface area contributed by atoms with Crippen LogP contribution in [0.4, 0.5) is 0 Å². The molecule has 1 aromatic carbocycles. The first kappa shape index (κ1) is 13.8. The Bertz CT molecular complexity index is 564. The van der Waals surface area contributed by atoms with Crippen LogP contribution >= 0.6 is 0 Å². The molecule has 0 spiro atoms. The average molecular weight is 284 g/mol. The van der Waals surface area contributed by atoms with E-state index in [2.05, 4.69) is 62.8 Å². The Kier molecular flexibility index (Phi) is 2.84. The van der Waals surface area contributed by atoms with Crippen molar-refractivity contribution in [1.29, 1.82) is 0 Å². The number of hydrogen-bond acceptors (Lipinski definition) is 2. The van der Waals surface area contributed by atoms with Crippen LogP contribution in [0, 0.1) is 29.6 Å². The number of benzene rings is 1. The zero-order chi connectivity index (χ0) is 14.8. The lowest BCUT2D eigenvalue weighted by Gasteiger charge is -2.45. The summed E-state index contributed by atoms with van der Waals surface area (Å²) in [6.07, 6.45) is 4.09. The summed E-state index contributed by atoms with van der Waals surface area (Å²) >= 11 is 0. The van der Waals surface area contributed by atoms with E-state index in [-0.39, 0.29) is 0 Å². The van der Waals surface area contributed by atoms with Crippen LogP contribution < -0.4 is 10.9 Å². The van der Waals surface area contributed by atoms with Gasteiger partial charge in [-0.25, -0.2) is 0 Å². The van der Waals surface area contributed by atoms with E-state index >= 15 is 0 Å². The van der Waals surface area contributed by atoms with E-state index in [9.17, 15) is 0 Å². The standard InChI is InChI=1S/C19H28N2/c1-12-7-5-6-8-13(12)16-11-14-15-9-10-19(4,18(15,2)3)17(14)21-20-16/h5-8,14-17,20-21H,9-11H2,1-4H3/t14?,15-,16?,17?,19-/m1/s1. The number of rotatable bonds is 1. The van der Waals surface area contributed by atoms with Gasteiger partial charge in [0.1, 0.15) is 0 Å². The summed E-state index contributed by atoms with van der Waals surface area (Å²) in [5, 5.41) is 0. The SMILES string of the molecule is Cc1ccccc1C1CC2C(NN1)[C@@]1(C)CC[C@H]2C1(C)C. The third kappa shape index (κ3) is 1.66. The Hall–Kier alpha value is -0.860. The van der Waals surface area contributed by atoms with Crippen LogP contribution in [0.3, 0.4) is 0 Å². The molecule has 2 nitrogen and oxygen atoms in total. The van der Waals surface area contributed by atoms with E-state index in [4.69, 9.17) is 0 Å². The van der Waals surface area contributed by atoms with Crippen molar-refractivity contribution in [2.75, 3.05) is 0 Å². The third-order valence-corrected chi connectivity index (χ3v) is 7.49. The second-order valence-corrected chi connectivity index (χ2v) is 8.36. The molecule has 0 aromatic heterocycles. The first-order valence-electron chi connectivity index (χ1n) is 8.52. The molecule has 2 heteroatoms. The van der Waals surface area contributed by atoms with Crippen LogP contribution in [-0.4, -0.2) is 6.04 Å². The quantitative estimate of drug-likeness (QED) is 0.815. The molecule has 0 radical (unpaired) electrons. The zero-order valence-corrected chi connectivity index (χ0v) is 13.7. The predicted molar refractivity (Wildman–Crippen MR) is 86.7 cm³/mol. The Balaban J connectivity index is 1.64. The molecular weight excluding hydrogens is 256 g/mol. The number of fused-ring (bicyclic) bond motifs is 5. The summed E-state index contributed by atoms with van der Waals surface area (Å²) in [5.41, 5.74) is 11.2. The predicted octanol–water partition coefficient (Wildman–Crippen LogP) is 3.97. The number of nitrogens with one attached hydrogen (secondary N) is 2. The molecule has 4 rings (SSSR count). The highest BCUT2D eigenvalue weighted by molar-refractivity contribution is 5.30. The smallest absolute Gasteiger partial charge is 0.0468 e. The first-order valence-corrected chi connectivity index (χ1v) is 8.52. The van der Waals surface area contributed by atoms with Gasteiger partial charge in [-0.1, -0.05) is 45.0 Å². The molecule has 5 atom stereocenters. The lowest BCUT2D eigenvalue weighted by Crippen LogP contribution is -2.58. The fourth-order valence-electron chi connectivity index (χ4n) is 5.84. The summed E-state index contributed by atoms with van der Waals surface area (Å²) in [4.78, 5) is 0. The van der Waals surface area contributed by atoms with Crippen LogP contribution in [0.2, 0.25) is 0 Å². The van der Waals surface area contributed by atoms with Crippen molar-refractivity contribution < 1.29 is 0 Å². The van der Waals surface area contributed by atoms with Gasteiger partial charge in [-0.3, -0.25) is 10.9 Å². The highest BCUT2D eigenvalue weighted by Crippen LogP contribution is 2.69. The minimum absolute atomic E-state index is 0.450. The molecule has 114 valence electrons. The van der Waals surface area contributed by atoms with Gasteiger partial charge < -0.3 is 0 Å². The molecule has 3 aliphatic rings. The number of hydrogen-bond donors (Lipinski definition) is 2. The zero-order valence-electron chi connectivity index (χ0n) is 13.7. The minimum Gasteiger partial charge on any atom is -0.253 e. The number of aryl methyl sites for hydroxylation is 1. The number of hydrazine groups is 1. The van der Waals surface area contributed by atoms with E-state index < -0.39 is 0 Å². The molecule has 3 fully saturated rings. The molecule has 2 aliphatic carbocycles. The monoisotopic (exact) mass is 284 g/mol. The molecule has 2 bridgehead atoms. The summed E-state index contributed by atoms with van der Waals surface area (Å²) < 4.78 is 0. The van der Waals surface area contributed by atoms with Gasteiger partial charge in [-0.2, -0.15) is 0 Å². The summed E-state index contributed by atoms with van der Waals surface area (Å²) in [7, 11) is 0. The van der Waals surface area contributed by atoms with Gasteiger partial charge in [0.15, 0.2) is 0 Å². The molecular formula is C19H28N2. The summed E-state index contributed by atoms with van der Waals surface area (Å²) in [6, 6.07) is 9.93. The van der Waals surface area contributed by atoms with E-state index in [1.165, 1.54) is 30.4 Å². The Morgan fingerprint density at radius 2 is 1.86 bits per heavy atom. The van der Waals surface area contributed by atoms with Crippen molar-refractivity contribution in [3.8, 4) is 0 Å². The fourth-order valence-corrected chi connectivity index (χ4v) is 5.84. The van der Waals surface area contributed by atoms with Gasteiger partial charge in [0.25, 0.3) is 0 Å². The van der Waals surface area contributed by atoms with Gasteiger partial charge in [0.2, 0.25) is 0 Å². The highest BCUT2D eigenvalue weighted by Gasteiger charge is 2.66. The minimum atomic E-state index is 0.450. The molecule has 21 heavy (non-hydrogen) atoms. The van der Waals surface area contributed by atoms with Gasteiger partial charge in [-0.15, -0.1) is 0 Å². The lowest BCUT2D eigenvalue weighted by atomic mass is 9.69. The maximum atomic E-state index is 3.73. The van der Waals surface area contributed by atoms with Crippen molar-refractivity contribution in [2.45, 2.75) is 59.0 Å². The highest BCUT2D eigenvalue weighted by atomic mass is 15.4. The van der Waals surface area contributed by atoms with Gasteiger partial charge >= 0.3 is 0 Å². The maximum absolute atomic E-state index is 3.73. The van der Waals surface area contributed by atoms with Crippen LogP contribution in [0.5, 0.6) is 0 Å². The van der Waals surface area contributed by atoms with Crippen molar-refractivity contribution in [3.05, 3.63) is 35.4 Å². The average Bonchev–Trinajstić information content (AvgIpc) is 2.79. The van der Waals surface area contributed by atoms with E-state index in [0.717, 1.165) is 11.8 Å². The van der Waals surface area contributed by atoms with Crippen LogP contribution in [-0.2, 0) is 0 Å². The molecule has 1 saturated heterocycles. The van der Waals surface area contributed by atoms with Crippen molar-refractivity contribution >= 4 is 0 Å². The normalized spacial score (nSPS) is 43.8. The second-order valence-electron chi connectivity index (χ2n) is 8.36. The lowest BCUT2D eigenvalue weighted by molar-refractivity contribution is 0.0804. The molecule has 0 amide bonds. The van der Waals surface area contributed by atoms with Gasteiger partial charge in [0, 0.05) is 12.1 Å². The van der Waals surface area contributed by atoms with Crippen LogP contribution in [0.1, 0.15) is 57.2 Å². The largest absolute Gasteiger partial charge is 0.253 e. The maximum Gasteiger partial charge on any atom is 0.0468 e. The molecule has 2 N–H and O–H groups in total. The molecule has 1 heterocycles. The van der Waals surface area contributed by atoms with Gasteiger partial charge in [-0.05, 0) is 60.0 Å². The van der Waals surface area contributed by atoms with Crippen molar-refractivity contribution in [1.82, 2.24) is 10.9 Å². The summed E-state index contributed by atoms with van der Waals surface area (Å²) in [5.74, 6) is 1.71. The van der Waals surface area contributed by atoms with Crippen LogP contribution in [0.15, 0.2) is 24.3 Å². The van der Waals surface area contributed by atoms with Gasteiger partial charge in [0.05, 0.1) is 0 Å². The fraction of sp³-hybridized carbons (Fsp3) is 0.684. The van der Waals surface area contributed by atoms with Crippen molar-refractivity contribution in [3.63, 3.8) is 0 Å². The Morgan fingerprint density at radius 1 is 1.10 bits per heavy atom. The third-order valence-electron chi connectivity index (χ3n) is 7.49.